The van der Waals surface area contributed by atoms with Crippen LogP contribution in [0.15, 0.2) is 23.7 Å². The van der Waals surface area contributed by atoms with Crippen LogP contribution in [-0.4, -0.2) is 9.97 Å². The van der Waals surface area contributed by atoms with Crippen LogP contribution in [0.25, 0.3) is 10.6 Å². The van der Waals surface area contributed by atoms with E-state index in [-0.39, 0.29) is 0 Å². The van der Waals surface area contributed by atoms with Gasteiger partial charge < -0.3 is 4.98 Å². The van der Waals surface area contributed by atoms with Crippen LogP contribution in [-0.2, 0) is 6.42 Å². The first kappa shape index (κ1) is 8.02. The third-order valence-corrected chi connectivity index (χ3v) is 2.56. The van der Waals surface area contributed by atoms with Gasteiger partial charge in [0.2, 0.25) is 0 Å². The first-order valence-corrected chi connectivity index (χ1v) is 4.73. The maximum absolute atomic E-state index is 8.45. The lowest BCUT2D eigenvalue weighted by molar-refractivity contribution is 1.07. The van der Waals surface area contributed by atoms with Gasteiger partial charge in [0.25, 0.3) is 0 Å². The molecule has 2 aromatic rings. The van der Waals surface area contributed by atoms with Gasteiger partial charge in [0, 0.05) is 0 Å². The first-order valence-electron chi connectivity index (χ1n) is 3.85. The minimum absolute atomic E-state index is 0.339. The van der Waals surface area contributed by atoms with Crippen LogP contribution in [0.5, 0.6) is 0 Å². The molecule has 0 saturated carbocycles. The van der Waals surface area contributed by atoms with Crippen LogP contribution in [0.3, 0.4) is 0 Å². The van der Waals surface area contributed by atoms with Crippen LogP contribution < -0.4 is 0 Å². The molecule has 0 atom stereocenters. The normalized spacial score (nSPS) is 9.77. The van der Waals surface area contributed by atoms with Crippen molar-refractivity contribution in [1.82, 2.24) is 9.97 Å². The van der Waals surface area contributed by atoms with E-state index in [9.17, 15) is 0 Å². The highest BCUT2D eigenvalue weighted by atomic mass is 32.1. The Balaban J connectivity index is 2.29. The van der Waals surface area contributed by atoms with E-state index >= 15 is 0 Å². The molecule has 0 aromatic carbocycles. The molecule has 0 saturated heterocycles. The molecule has 4 heteroatoms. The van der Waals surface area contributed by atoms with Gasteiger partial charge in [0.1, 0.15) is 5.82 Å². The summed E-state index contributed by atoms with van der Waals surface area (Å²) < 4.78 is 0. The van der Waals surface area contributed by atoms with Gasteiger partial charge in [0.05, 0.1) is 29.3 Å². The van der Waals surface area contributed by atoms with E-state index in [1.54, 1.807) is 17.5 Å². The monoisotopic (exact) mass is 189 g/mol. The van der Waals surface area contributed by atoms with Crippen molar-refractivity contribution in [3.8, 4) is 16.6 Å². The van der Waals surface area contributed by atoms with Crippen molar-refractivity contribution in [1.29, 1.82) is 5.26 Å². The van der Waals surface area contributed by atoms with Crippen LogP contribution in [0.1, 0.15) is 5.82 Å². The van der Waals surface area contributed by atoms with Crippen molar-refractivity contribution in [2.75, 3.05) is 0 Å². The van der Waals surface area contributed by atoms with Gasteiger partial charge in [-0.2, -0.15) is 5.26 Å². The summed E-state index contributed by atoms with van der Waals surface area (Å²) in [5, 5.41) is 10.5. The van der Waals surface area contributed by atoms with E-state index in [0.29, 0.717) is 6.42 Å². The van der Waals surface area contributed by atoms with Crippen LogP contribution in [0.2, 0.25) is 0 Å². The number of nitriles is 1. The summed E-state index contributed by atoms with van der Waals surface area (Å²) in [5.74, 6) is 0.728. The molecule has 2 heterocycles. The van der Waals surface area contributed by atoms with Crippen molar-refractivity contribution >= 4 is 11.3 Å². The topological polar surface area (TPSA) is 52.5 Å². The van der Waals surface area contributed by atoms with Crippen LogP contribution >= 0.6 is 11.3 Å². The van der Waals surface area contributed by atoms with E-state index in [1.807, 2.05) is 17.5 Å². The molecular formula is C9H7N3S. The molecule has 2 aromatic heterocycles. The zero-order valence-electron chi connectivity index (χ0n) is 6.82. The van der Waals surface area contributed by atoms with Gasteiger partial charge in [-0.25, -0.2) is 4.98 Å². The smallest absolute Gasteiger partial charge is 0.120 e. The van der Waals surface area contributed by atoms with Crippen molar-refractivity contribution < 1.29 is 0 Å². The number of aromatic nitrogens is 2. The Morgan fingerprint density at radius 3 is 3.23 bits per heavy atom. The number of hydrogen-bond acceptors (Lipinski definition) is 3. The van der Waals surface area contributed by atoms with Crippen molar-refractivity contribution in [3.05, 3.63) is 29.5 Å². The predicted octanol–water partition coefficient (Wildman–Crippen LogP) is 2.20. The zero-order valence-corrected chi connectivity index (χ0v) is 7.64. The molecule has 0 aliphatic heterocycles. The summed E-state index contributed by atoms with van der Waals surface area (Å²) in [5.41, 5.74) is 0.986. The molecule has 3 nitrogen and oxygen atoms in total. The average molecular weight is 189 g/mol. The summed E-state index contributed by atoms with van der Waals surface area (Å²) in [6.45, 7) is 0. The Hall–Kier alpha value is -1.60. The van der Waals surface area contributed by atoms with Gasteiger partial charge in [-0.3, -0.25) is 0 Å². The van der Waals surface area contributed by atoms with Crippen molar-refractivity contribution in [2.45, 2.75) is 6.42 Å². The highest BCUT2D eigenvalue weighted by Gasteiger charge is 2.02. The largest absolute Gasteiger partial charge is 0.340 e. The summed E-state index contributed by atoms with van der Waals surface area (Å²) in [6, 6.07) is 6.07. The number of imidazole rings is 1. The fourth-order valence-electron chi connectivity index (χ4n) is 1.08. The second-order valence-corrected chi connectivity index (χ2v) is 3.50. The number of thiophene rings is 1. The molecule has 13 heavy (non-hydrogen) atoms. The van der Waals surface area contributed by atoms with Crippen molar-refractivity contribution in [2.24, 2.45) is 0 Å². The molecule has 0 bridgehead atoms. The zero-order chi connectivity index (χ0) is 9.10. The Labute approximate surface area is 79.7 Å². The Bertz CT molecular complexity index is 422. The lowest BCUT2D eigenvalue weighted by Crippen LogP contribution is -1.82. The van der Waals surface area contributed by atoms with Crippen molar-refractivity contribution in [3.63, 3.8) is 0 Å². The standard InChI is InChI=1S/C9H7N3S/c10-4-3-9-11-6-7(12-9)8-2-1-5-13-8/h1-2,5-6H,3H2,(H,11,12). The fourth-order valence-corrected chi connectivity index (χ4v) is 1.78. The Morgan fingerprint density at radius 1 is 1.62 bits per heavy atom. The van der Waals surface area contributed by atoms with Gasteiger partial charge in [-0.05, 0) is 11.4 Å². The maximum atomic E-state index is 8.45. The lowest BCUT2D eigenvalue weighted by atomic mass is 10.4. The first-order chi connectivity index (χ1) is 6.40. The summed E-state index contributed by atoms with van der Waals surface area (Å²) in [4.78, 5) is 8.33. The van der Waals surface area contributed by atoms with E-state index in [4.69, 9.17) is 5.26 Å². The van der Waals surface area contributed by atoms with Gasteiger partial charge in [-0.1, -0.05) is 6.07 Å². The quantitative estimate of drug-likeness (QED) is 0.787. The molecule has 64 valence electrons. The second kappa shape index (κ2) is 3.42. The fraction of sp³-hybridized carbons (Fsp3) is 0.111. The molecule has 0 radical (unpaired) electrons. The highest BCUT2D eigenvalue weighted by Crippen LogP contribution is 2.22. The number of aromatic amines is 1. The third-order valence-electron chi connectivity index (χ3n) is 1.66. The molecule has 0 unspecified atom stereocenters. The molecule has 0 aliphatic rings. The lowest BCUT2D eigenvalue weighted by Gasteiger charge is -1.88. The molecule has 0 amide bonds. The third kappa shape index (κ3) is 1.60. The minimum atomic E-state index is 0.339. The highest BCUT2D eigenvalue weighted by molar-refractivity contribution is 7.13. The summed E-state index contributed by atoms with van der Waals surface area (Å²) in [7, 11) is 0. The maximum Gasteiger partial charge on any atom is 0.120 e. The predicted molar refractivity (Wildman–Crippen MR) is 51.2 cm³/mol. The van der Waals surface area contributed by atoms with Crippen LogP contribution in [0.4, 0.5) is 0 Å². The molecule has 0 fully saturated rings. The SMILES string of the molecule is N#CCc1ncc(-c2cccs2)[nH]1. The van der Waals surface area contributed by atoms with E-state index in [2.05, 4.69) is 16.0 Å². The average Bonchev–Trinajstić information content (AvgIpc) is 2.70. The van der Waals surface area contributed by atoms with Gasteiger partial charge in [0.15, 0.2) is 0 Å². The molecular weight excluding hydrogens is 182 g/mol. The Morgan fingerprint density at radius 2 is 2.54 bits per heavy atom. The second-order valence-electron chi connectivity index (χ2n) is 2.56. The number of nitrogens with one attached hydrogen (secondary N) is 1. The number of hydrogen-bond donors (Lipinski definition) is 1. The molecule has 1 N–H and O–H groups in total. The number of rotatable bonds is 2. The van der Waals surface area contributed by atoms with Gasteiger partial charge >= 0.3 is 0 Å². The number of nitrogens with zero attached hydrogens (tertiary/aromatic N) is 2. The van der Waals surface area contributed by atoms with E-state index < -0.39 is 0 Å². The Kier molecular flexibility index (Phi) is 2.11. The summed E-state index contributed by atoms with van der Waals surface area (Å²) >= 11 is 1.65. The molecule has 2 rings (SSSR count). The minimum Gasteiger partial charge on any atom is -0.340 e. The van der Waals surface area contributed by atoms with Crippen LogP contribution in [0, 0.1) is 11.3 Å². The molecule has 0 aliphatic carbocycles. The molecule has 0 spiro atoms. The van der Waals surface area contributed by atoms with Gasteiger partial charge in [-0.15, -0.1) is 11.3 Å². The van der Waals surface area contributed by atoms with E-state index in [1.165, 1.54) is 0 Å². The summed E-state index contributed by atoms with van der Waals surface area (Å²) in [6.07, 6.45) is 2.10. The number of H-pyrrole nitrogens is 1. The van der Waals surface area contributed by atoms with E-state index in [0.717, 1.165) is 16.4 Å².